The van der Waals surface area contributed by atoms with Gasteiger partial charge < -0.3 is 0 Å². The number of hydrogen-bond acceptors (Lipinski definition) is 0. The summed E-state index contributed by atoms with van der Waals surface area (Å²) in [7, 11) is 0. The smallest absolute Gasteiger partial charge is 0.0247 e. The summed E-state index contributed by atoms with van der Waals surface area (Å²) in [5.74, 6) is 0.434. The first-order valence-electron chi connectivity index (χ1n) is 5.75. The quantitative estimate of drug-likeness (QED) is 0.721. The molecular weight excluding hydrogens is 272 g/mol. The Bertz CT molecular complexity index is 500. The molecule has 17 heavy (non-hydrogen) atoms. The Labute approximate surface area is 111 Å². The minimum atomic E-state index is 0.434. The summed E-state index contributed by atoms with van der Waals surface area (Å²) in [5.41, 5.74) is 2.56. The van der Waals surface area contributed by atoms with E-state index in [1.807, 2.05) is 12.1 Å². The Balaban J connectivity index is 2.14. The molecule has 1 atom stereocenters. The van der Waals surface area contributed by atoms with E-state index in [4.69, 9.17) is 0 Å². The summed E-state index contributed by atoms with van der Waals surface area (Å²) in [6, 6.07) is 18.8. The molecule has 1 heteroatoms. The van der Waals surface area contributed by atoms with Crippen LogP contribution in [0.4, 0.5) is 0 Å². The average molecular weight is 287 g/mol. The van der Waals surface area contributed by atoms with Gasteiger partial charge >= 0.3 is 0 Å². The van der Waals surface area contributed by atoms with Crippen molar-refractivity contribution in [3.8, 4) is 0 Å². The maximum absolute atomic E-state index is 3.55. The molecule has 0 N–H and O–H groups in total. The van der Waals surface area contributed by atoms with E-state index in [-0.39, 0.29) is 0 Å². The van der Waals surface area contributed by atoms with E-state index in [1.54, 1.807) is 0 Å². The highest BCUT2D eigenvalue weighted by Crippen LogP contribution is 2.21. The Kier molecular flexibility index (Phi) is 4.16. The van der Waals surface area contributed by atoms with E-state index in [0.29, 0.717) is 5.92 Å². The van der Waals surface area contributed by atoms with Crippen LogP contribution in [-0.4, -0.2) is 0 Å². The highest BCUT2D eigenvalue weighted by Gasteiger charge is 2.00. The third kappa shape index (κ3) is 3.31. The molecule has 0 saturated heterocycles. The van der Waals surface area contributed by atoms with E-state index in [1.165, 1.54) is 11.1 Å². The Morgan fingerprint density at radius 3 is 2.29 bits per heavy atom. The predicted octanol–water partition coefficient (Wildman–Crippen LogP) is 5.27. The summed E-state index contributed by atoms with van der Waals surface area (Å²) in [5, 5.41) is 0. The van der Waals surface area contributed by atoms with Crippen molar-refractivity contribution in [1.29, 1.82) is 0 Å². The van der Waals surface area contributed by atoms with Crippen LogP contribution < -0.4 is 0 Å². The molecule has 0 aliphatic carbocycles. The molecule has 1 unspecified atom stereocenters. The largest absolute Gasteiger partial charge is 0.0767 e. The maximum atomic E-state index is 3.55. The van der Waals surface area contributed by atoms with Gasteiger partial charge in [-0.2, -0.15) is 0 Å². The van der Waals surface area contributed by atoms with Crippen molar-refractivity contribution >= 4 is 22.0 Å². The van der Waals surface area contributed by atoms with Crippen molar-refractivity contribution < 1.29 is 0 Å². The number of rotatable bonds is 3. The summed E-state index contributed by atoms with van der Waals surface area (Å²) in [6.07, 6.45) is 4.40. The van der Waals surface area contributed by atoms with Crippen LogP contribution in [0, 0.1) is 0 Å². The number of halogens is 1. The molecule has 0 heterocycles. The third-order valence-electron chi connectivity index (χ3n) is 2.80. The van der Waals surface area contributed by atoms with E-state index >= 15 is 0 Å². The lowest BCUT2D eigenvalue weighted by atomic mass is 10.00. The monoisotopic (exact) mass is 286 g/mol. The van der Waals surface area contributed by atoms with E-state index in [9.17, 15) is 0 Å². The van der Waals surface area contributed by atoms with Crippen LogP contribution in [0.2, 0.25) is 0 Å². The van der Waals surface area contributed by atoms with E-state index in [2.05, 4.69) is 77.5 Å². The fraction of sp³-hybridized carbons (Fsp3) is 0.125. The van der Waals surface area contributed by atoms with Gasteiger partial charge in [0.05, 0.1) is 0 Å². The summed E-state index contributed by atoms with van der Waals surface area (Å²) in [4.78, 5) is 0. The molecule has 2 aromatic carbocycles. The summed E-state index contributed by atoms with van der Waals surface area (Å²) < 4.78 is 1.14. The van der Waals surface area contributed by atoms with Crippen LogP contribution in [0.3, 0.4) is 0 Å². The van der Waals surface area contributed by atoms with Crippen molar-refractivity contribution in [1.82, 2.24) is 0 Å². The van der Waals surface area contributed by atoms with Gasteiger partial charge in [-0.3, -0.25) is 0 Å². The van der Waals surface area contributed by atoms with E-state index in [0.717, 1.165) is 4.47 Å². The Morgan fingerprint density at radius 2 is 1.59 bits per heavy atom. The van der Waals surface area contributed by atoms with Gasteiger partial charge in [-0.05, 0) is 23.1 Å². The maximum Gasteiger partial charge on any atom is 0.0247 e. The molecule has 0 fully saturated rings. The van der Waals surface area contributed by atoms with E-state index < -0.39 is 0 Å². The minimum absolute atomic E-state index is 0.434. The Hall–Kier alpha value is -1.34. The fourth-order valence-corrected chi connectivity index (χ4v) is 2.14. The molecule has 0 saturated carbocycles. The second-order valence-electron chi connectivity index (χ2n) is 4.08. The first-order valence-corrected chi connectivity index (χ1v) is 6.54. The van der Waals surface area contributed by atoms with Crippen LogP contribution in [-0.2, 0) is 0 Å². The molecule has 0 aromatic heterocycles. The summed E-state index contributed by atoms with van der Waals surface area (Å²) in [6.45, 7) is 2.21. The highest BCUT2D eigenvalue weighted by atomic mass is 79.9. The van der Waals surface area contributed by atoms with Gasteiger partial charge in [-0.15, -0.1) is 0 Å². The zero-order chi connectivity index (χ0) is 12.1. The molecule has 0 spiro atoms. The van der Waals surface area contributed by atoms with Gasteiger partial charge in [0.15, 0.2) is 0 Å². The number of hydrogen-bond donors (Lipinski definition) is 0. The van der Waals surface area contributed by atoms with Crippen molar-refractivity contribution in [3.63, 3.8) is 0 Å². The fourth-order valence-electron chi connectivity index (χ4n) is 1.73. The molecule has 0 amide bonds. The molecule has 86 valence electrons. The second kappa shape index (κ2) is 5.83. The number of allylic oxidation sites excluding steroid dienone is 1. The van der Waals surface area contributed by atoms with Gasteiger partial charge in [-0.1, -0.05) is 83.5 Å². The molecular formula is C16H15Br. The van der Waals surface area contributed by atoms with Crippen LogP contribution in [0.1, 0.15) is 24.0 Å². The zero-order valence-electron chi connectivity index (χ0n) is 9.81. The van der Waals surface area contributed by atoms with Crippen LogP contribution in [0.15, 0.2) is 65.1 Å². The lowest BCUT2D eigenvalue weighted by Gasteiger charge is -2.06. The van der Waals surface area contributed by atoms with Crippen molar-refractivity contribution in [2.24, 2.45) is 0 Å². The second-order valence-corrected chi connectivity index (χ2v) is 4.93. The third-order valence-corrected chi connectivity index (χ3v) is 3.52. The SMILES string of the molecule is CC(C=Cc1ccccc1Br)c1ccccc1. The molecule has 0 radical (unpaired) electrons. The molecule has 2 rings (SSSR count). The molecule has 0 bridgehead atoms. The van der Waals surface area contributed by atoms with Gasteiger partial charge in [0.2, 0.25) is 0 Å². The van der Waals surface area contributed by atoms with Crippen LogP contribution in [0.25, 0.3) is 6.08 Å². The number of benzene rings is 2. The van der Waals surface area contributed by atoms with Crippen molar-refractivity contribution in [3.05, 3.63) is 76.3 Å². The van der Waals surface area contributed by atoms with Crippen LogP contribution in [0.5, 0.6) is 0 Å². The first-order chi connectivity index (χ1) is 8.27. The molecule has 0 nitrogen and oxygen atoms in total. The lowest BCUT2D eigenvalue weighted by molar-refractivity contribution is 0.973. The van der Waals surface area contributed by atoms with Crippen molar-refractivity contribution in [2.75, 3.05) is 0 Å². The zero-order valence-corrected chi connectivity index (χ0v) is 11.4. The topological polar surface area (TPSA) is 0 Å². The van der Waals surface area contributed by atoms with Gasteiger partial charge in [0, 0.05) is 4.47 Å². The van der Waals surface area contributed by atoms with Crippen molar-refractivity contribution in [2.45, 2.75) is 12.8 Å². The predicted molar refractivity (Wildman–Crippen MR) is 78.0 cm³/mol. The average Bonchev–Trinajstić information content (AvgIpc) is 2.38. The van der Waals surface area contributed by atoms with Gasteiger partial charge in [0.25, 0.3) is 0 Å². The van der Waals surface area contributed by atoms with Gasteiger partial charge in [0.1, 0.15) is 0 Å². The van der Waals surface area contributed by atoms with Crippen LogP contribution >= 0.6 is 15.9 Å². The molecule has 2 aromatic rings. The minimum Gasteiger partial charge on any atom is -0.0767 e. The molecule has 0 aliphatic heterocycles. The first kappa shape index (κ1) is 12.1. The molecule has 0 aliphatic rings. The normalized spacial score (nSPS) is 12.8. The summed E-state index contributed by atoms with van der Waals surface area (Å²) >= 11 is 3.55. The standard InChI is InChI=1S/C16H15Br/c1-13(14-7-3-2-4-8-14)11-12-15-9-5-6-10-16(15)17/h2-13H,1H3. The Morgan fingerprint density at radius 1 is 0.941 bits per heavy atom. The van der Waals surface area contributed by atoms with Gasteiger partial charge in [-0.25, -0.2) is 0 Å². The highest BCUT2D eigenvalue weighted by molar-refractivity contribution is 9.10. The lowest BCUT2D eigenvalue weighted by Crippen LogP contribution is -1.87.